The number of H-pyrrole nitrogens is 1. The second kappa shape index (κ2) is 7.28. The summed E-state index contributed by atoms with van der Waals surface area (Å²) in [4.78, 5) is 24.5. The van der Waals surface area contributed by atoms with Gasteiger partial charge in [0.2, 0.25) is 0 Å². The SMILES string of the molecule is O=C(O)CCCCCNC(=O)c1cc(Cl)c(Cl)[nH]1. The van der Waals surface area contributed by atoms with Gasteiger partial charge in [0.25, 0.3) is 5.91 Å². The quantitative estimate of drug-likeness (QED) is 0.676. The molecule has 1 aromatic rings. The summed E-state index contributed by atoms with van der Waals surface area (Å²) in [5.74, 6) is -1.07. The number of rotatable bonds is 7. The van der Waals surface area contributed by atoms with Gasteiger partial charge in [0, 0.05) is 13.0 Å². The molecule has 5 nitrogen and oxygen atoms in total. The van der Waals surface area contributed by atoms with E-state index in [2.05, 4.69) is 10.3 Å². The van der Waals surface area contributed by atoms with Crippen LogP contribution in [0.3, 0.4) is 0 Å². The molecule has 0 unspecified atom stereocenters. The van der Waals surface area contributed by atoms with Crippen molar-refractivity contribution in [2.75, 3.05) is 6.54 Å². The van der Waals surface area contributed by atoms with Gasteiger partial charge in [0.1, 0.15) is 10.8 Å². The minimum absolute atomic E-state index is 0.162. The van der Waals surface area contributed by atoms with E-state index in [1.54, 1.807) is 0 Å². The summed E-state index contributed by atoms with van der Waals surface area (Å²) >= 11 is 11.4. The maximum absolute atomic E-state index is 11.6. The molecule has 3 N–H and O–H groups in total. The Hall–Kier alpha value is -1.20. The first-order valence-electron chi connectivity index (χ1n) is 5.54. The third-order valence-corrected chi connectivity index (χ3v) is 3.02. The largest absolute Gasteiger partial charge is 0.481 e. The first kappa shape index (κ1) is 14.9. The lowest BCUT2D eigenvalue weighted by Gasteiger charge is -2.03. The van der Waals surface area contributed by atoms with Gasteiger partial charge in [0.05, 0.1) is 5.02 Å². The molecule has 0 aromatic carbocycles. The third-order valence-electron chi connectivity index (χ3n) is 2.32. The number of halogens is 2. The van der Waals surface area contributed by atoms with Gasteiger partial charge in [-0.1, -0.05) is 29.6 Å². The summed E-state index contributed by atoms with van der Waals surface area (Å²) in [7, 11) is 0. The topological polar surface area (TPSA) is 82.2 Å². The molecular formula is C11H14Cl2N2O3. The number of hydrogen-bond acceptors (Lipinski definition) is 2. The van der Waals surface area contributed by atoms with Crippen molar-refractivity contribution >= 4 is 35.1 Å². The van der Waals surface area contributed by atoms with Crippen molar-refractivity contribution in [1.29, 1.82) is 0 Å². The van der Waals surface area contributed by atoms with Gasteiger partial charge < -0.3 is 15.4 Å². The third kappa shape index (κ3) is 4.98. The van der Waals surface area contributed by atoms with Crippen LogP contribution in [0.4, 0.5) is 0 Å². The molecule has 7 heteroatoms. The molecule has 0 spiro atoms. The van der Waals surface area contributed by atoms with Crippen molar-refractivity contribution in [3.8, 4) is 0 Å². The molecule has 1 amide bonds. The average Bonchev–Trinajstić information content (AvgIpc) is 2.63. The normalized spacial score (nSPS) is 10.3. The van der Waals surface area contributed by atoms with Crippen LogP contribution in [0.5, 0.6) is 0 Å². The average molecular weight is 293 g/mol. The van der Waals surface area contributed by atoms with E-state index >= 15 is 0 Å². The summed E-state index contributed by atoms with van der Waals surface area (Å²) in [5.41, 5.74) is 0.315. The van der Waals surface area contributed by atoms with Crippen LogP contribution in [0.25, 0.3) is 0 Å². The predicted molar refractivity (Wildman–Crippen MR) is 69.2 cm³/mol. The molecule has 1 rings (SSSR count). The Morgan fingerprint density at radius 2 is 2.00 bits per heavy atom. The molecule has 1 aromatic heterocycles. The first-order valence-corrected chi connectivity index (χ1v) is 6.30. The number of carbonyl (C=O) groups excluding carboxylic acids is 1. The lowest BCUT2D eigenvalue weighted by Crippen LogP contribution is -2.24. The van der Waals surface area contributed by atoms with Crippen LogP contribution >= 0.6 is 23.2 Å². The highest BCUT2D eigenvalue weighted by atomic mass is 35.5. The number of aliphatic carboxylic acids is 1. The van der Waals surface area contributed by atoms with Crippen molar-refractivity contribution in [3.63, 3.8) is 0 Å². The maximum Gasteiger partial charge on any atom is 0.303 e. The molecule has 0 aliphatic rings. The molecule has 0 saturated heterocycles. The van der Waals surface area contributed by atoms with Gasteiger partial charge in [-0.2, -0.15) is 0 Å². The van der Waals surface area contributed by atoms with Crippen molar-refractivity contribution in [3.05, 3.63) is 21.9 Å². The molecule has 0 atom stereocenters. The van der Waals surface area contributed by atoms with Crippen molar-refractivity contribution in [2.45, 2.75) is 25.7 Å². The number of aromatic nitrogens is 1. The number of nitrogens with one attached hydrogen (secondary N) is 2. The Balaban J connectivity index is 2.19. The molecule has 0 aliphatic carbocycles. The molecule has 0 radical (unpaired) electrons. The van der Waals surface area contributed by atoms with Crippen molar-refractivity contribution in [2.24, 2.45) is 0 Å². The number of carboxylic acid groups (broad SMARTS) is 1. The van der Waals surface area contributed by atoms with Gasteiger partial charge in [-0.05, 0) is 18.9 Å². The zero-order chi connectivity index (χ0) is 13.5. The summed E-state index contributed by atoms with van der Waals surface area (Å²) in [5, 5.41) is 11.7. The van der Waals surface area contributed by atoms with E-state index in [0.29, 0.717) is 23.7 Å². The number of carbonyl (C=O) groups is 2. The fourth-order valence-electron chi connectivity index (χ4n) is 1.40. The second-order valence-corrected chi connectivity index (χ2v) is 4.59. The van der Waals surface area contributed by atoms with Gasteiger partial charge in [0.15, 0.2) is 0 Å². The first-order chi connectivity index (χ1) is 8.50. The van der Waals surface area contributed by atoms with E-state index in [1.165, 1.54) is 6.07 Å². The van der Waals surface area contributed by atoms with E-state index in [4.69, 9.17) is 28.3 Å². The summed E-state index contributed by atoms with van der Waals surface area (Å²) in [6.07, 6.45) is 2.28. The number of carboxylic acids is 1. The lowest BCUT2D eigenvalue weighted by molar-refractivity contribution is -0.137. The highest BCUT2D eigenvalue weighted by Gasteiger charge is 2.10. The Labute approximate surface area is 114 Å². The minimum Gasteiger partial charge on any atom is -0.481 e. The summed E-state index contributed by atoms with van der Waals surface area (Å²) < 4.78 is 0. The second-order valence-electron chi connectivity index (χ2n) is 3.81. The van der Waals surface area contributed by atoms with Crippen LogP contribution in [0.1, 0.15) is 36.2 Å². The van der Waals surface area contributed by atoms with Crippen LogP contribution in [0.2, 0.25) is 10.2 Å². The summed E-state index contributed by atoms with van der Waals surface area (Å²) in [6.45, 7) is 0.493. The highest BCUT2D eigenvalue weighted by molar-refractivity contribution is 6.41. The van der Waals surface area contributed by atoms with E-state index in [9.17, 15) is 9.59 Å². The van der Waals surface area contributed by atoms with Gasteiger partial charge in [-0.3, -0.25) is 9.59 Å². The van der Waals surface area contributed by atoms with Gasteiger partial charge in [-0.15, -0.1) is 0 Å². The summed E-state index contributed by atoms with van der Waals surface area (Å²) in [6, 6.07) is 1.46. The van der Waals surface area contributed by atoms with Crippen LogP contribution in [-0.2, 0) is 4.79 Å². The van der Waals surface area contributed by atoms with E-state index < -0.39 is 5.97 Å². The van der Waals surface area contributed by atoms with Gasteiger partial charge in [-0.25, -0.2) is 0 Å². The number of amides is 1. The molecule has 0 fully saturated rings. The minimum atomic E-state index is -0.797. The fraction of sp³-hybridized carbons (Fsp3) is 0.455. The zero-order valence-corrected chi connectivity index (χ0v) is 11.1. The molecule has 0 aliphatic heterocycles. The van der Waals surface area contributed by atoms with Crippen molar-refractivity contribution < 1.29 is 14.7 Å². The number of aromatic amines is 1. The Morgan fingerprint density at radius 3 is 2.56 bits per heavy atom. The maximum atomic E-state index is 11.6. The lowest BCUT2D eigenvalue weighted by atomic mass is 10.2. The molecule has 100 valence electrons. The van der Waals surface area contributed by atoms with E-state index in [1.807, 2.05) is 0 Å². The number of unbranched alkanes of at least 4 members (excludes halogenated alkanes) is 2. The van der Waals surface area contributed by atoms with Crippen molar-refractivity contribution in [1.82, 2.24) is 10.3 Å². The molecule has 0 saturated carbocycles. The molecule has 18 heavy (non-hydrogen) atoms. The Morgan fingerprint density at radius 1 is 1.28 bits per heavy atom. The Kier molecular flexibility index (Phi) is 6.01. The monoisotopic (exact) mass is 292 g/mol. The predicted octanol–water partition coefficient (Wildman–Crippen LogP) is 2.70. The molecular weight excluding hydrogens is 279 g/mol. The van der Waals surface area contributed by atoms with Crippen LogP contribution in [0.15, 0.2) is 6.07 Å². The zero-order valence-electron chi connectivity index (χ0n) is 9.63. The number of hydrogen-bond donors (Lipinski definition) is 3. The van der Waals surface area contributed by atoms with Gasteiger partial charge >= 0.3 is 5.97 Å². The smallest absolute Gasteiger partial charge is 0.303 e. The van der Waals surface area contributed by atoms with Crippen LogP contribution in [-0.4, -0.2) is 28.5 Å². The van der Waals surface area contributed by atoms with E-state index in [0.717, 1.165) is 12.8 Å². The van der Waals surface area contributed by atoms with E-state index in [-0.39, 0.29) is 17.5 Å². The standard InChI is InChI=1S/C11H14Cl2N2O3/c12-7-6-8(15-10(7)13)11(18)14-5-3-1-2-4-9(16)17/h6,15H,1-5H2,(H,14,18)(H,16,17). The van der Waals surface area contributed by atoms with Crippen LogP contribution in [0, 0.1) is 0 Å². The fourth-order valence-corrected chi connectivity index (χ4v) is 1.71. The molecule has 0 bridgehead atoms. The van der Waals surface area contributed by atoms with Crippen LogP contribution < -0.4 is 5.32 Å². The Bertz CT molecular complexity index is 412. The highest BCUT2D eigenvalue weighted by Crippen LogP contribution is 2.21. The molecule has 1 heterocycles.